The summed E-state index contributed by atoms with van der Waals surface area (Å²) in [5.41, 5.74) is 1.99. The number of piperidine rings is 1. The summed E-state index contributed by atoms with van der Waals surface area (Å²) in [7, 11) is 0. The molecule has 1 aromatic heterocycles. The Bertz CT molecular complexity index is 987. The molecule has 0 spiro atoms. The highest BCUT2D eigenvalue weighted by Gasteiger charge is 2.41. The van der Waals surface area contributed by atoms with Crippen LogP contribution in [0.5, 0.6) is 0 Å². The van der Waals surface area contributed by atoms with E-state index in [2.05, 4.69) is 61.3 Å². The molecule has 31 heavy (non-hydrogen) atoms. The van der Waals surface area contributed by atoms with Crippen LogP contribution in [0.3, 0.4) is 0 Å². The SMILES string of the molecule is Cc1cccc2ccc(N3CC[C@H](C(=O)N[C@@H]4CCC[C@@H](C(=O)O)C4)C(C)(C)C3)nc12. The summed E-state index contributed by atoms with van der Waals surface area (Å²) < 4.78 is 0. The third-order valence-electron chi connectivity index (χ3n) is 7.15. The Morgan fingerprint density at radius 2 is 1.97 bits per heavy atom. The van der Waals surface area contributed by atoms with Crippen LogP contribution in [0.4, 0.5) is 5.82 Å². The maximum atomic E-state index is 13.1. The molecular weight excluding hydrogens is 390 g/mol. The number of nitrogens with one attached hydrogen (secondary N) is 1. The quantitative estimate of drug-likeness (QED) is 0.772. The van der Waals surface area contributed by atoms with Gasteiger partial charge in [0.2, 0.25) is 5.91 Å². The van der Waals surface area contributed by atoms with Crippen LogP contribution in [0.1, 0.15) is 51.5 Å². The standard InChI is InChI=1S/C25H33N3O3/c1-16-6-4-7-17-10-11-21(27-22(16)17)28-13-12-20(25(2,3)15-28)23(29)26-19-9-5-8-18(14-19)24(30)31/h4,6-7,10-11,18-20H,5,8-9,12-15H2,1-3H3,(H,26,29)(H,30,31)/t18-,19-,20-/m1/s1. The van der Waals surface area contributed by atoms with Crippen LogP contribution in [0.2, 0.25) is 0 Å². The number of nitrogens with zero attached hydrogens (tertiary/aromatic N) is 2. The lowest BCUT2D eigenvalue weighted by Crippen LogP contribution is -2.53. The molecule has 2 aliphatic rings. The van der Waals surface area contributed by atoms with Gasteiger partial charge >= 0.3 is 5.97 Å². The van der Waals surface area contributed by atoms with Crippen molar-refractivity contribution in [1.29, 1.82) is 0 Å². The number of fused-ring (bicyclic) bond motifs is 1. The molecule has 166 valence electrons. The van der Waals surface area contributed by atoms with Crippen LogP contribution < -0.4 is 10.2 Å². The summed E-state index contributed by atoms with van der Waals surface area (Å²) in [5.74, 6) is -0.133. The minimum Gasteiger partial charge on any atom is -0.481 e. The van der Waals surface area contributed by atoms with Crippen LogP contribution >= 0.6 is 0 Å². The van der Waals surface area contributed by atoms with Crippen molar-refractivity contribution >= 4 is 28.6 Å². The average molecular weight is 424 g/mol. The fourth-order valence-corrected chi connectivity index (χ4v) is 5.35. The van der Waals surface area contributed by atoms with Gasteiger partial charge in [-0.2, -0.15) is 0 Å². The number of carboxylic acids is 1. The van der Waals surface area contributed by atoms with Gasteiger partial charge in [0.05, 0.1) is 11.4 Å². The lowest BCUT2D eigenvalue weighted by molar-refractivity contribution is -0.143. The van der Waals surface area contributed by atoms with E-state index in [1.807, 2.05) is 0 Å². The molecule has 2 fully saturated rings. The molecule has 1 aliphatic carbocycles. The first-order valence-electron chi connectivity index (χ1n) is 11.4. The van der Waals surface area contributed by atoms with E-state index >= 15 is 0 Å². The van der Waals surface area contributed by atoms with Gasteiger partial charge < -0.3 is 15.3 Å². The number of carbonyl (C=O) groups excluding carboxylic acids is 1. The van der Waals surface area contributed by atoms with E-state index < -0.39 is 5.97 Å². The number of carboxylic acid groups (broad SMARTS) is 1. The first-order chi connectivity index (χ1) is 14.7. The summed E-state index contributed by atoms with van der Waals surface area (Å²) in [5, 5.41) is 13.6. The molecule has 0 bridgehead atoms. The molecule has 1 aromatic carbocycles. The Morgan fingerprint density at radius 1 is 1.16 bits per heavy atom. The zero-order chi connectivity index (χ0) is 22.2. The van der Waals surface area contributed by atoms with E-state index in [-0.39, 0.29) is 29.2 Å². The number of hydrogen-bond donors (Lipinski definition) is 2. The van der Waals surface area contributed by atoms with Gasteiger partial charge in [-0.25, -0.2) is 4.98 Å². The number of amides is 1. The third kappa shape index (κ3) is 4.53. The monoisotopic (exact) mass is 423 g/mol. The molecule has 2 N–H and O–H groups in total. The van der Waals surface area contributed by atoms with Crippen molar-refractivity contribution in [3.8, 4) is 0 Å². The Morgan fingerprint density at radius 3 is 2.71 bits per heavy atom. The average Bonchev–Trinajstić information content (AvgIpc) is 2.73. The number of carbonyl (C=O) groups is 2. The predicted molar refractivity (Wildman–Crippen MR) is 122 cm³/mol. The maximum absolute atomic E-state index is 13.1. The molecule has 6 heteroatoms. The largest absolute Gasteiger partial charge is 0.481 e. The first kappa shape index (κ1) is 21.6. The van der Waals surface area contributed by atoms with Crippen LogP contribution in [-0.4, -0.2) is 41.1 Å². The fourth-order valence-electron chi connectivity index (χ4n) is 5.35. The second-order valence-electron chi connectivity index (χ2n) is 9.97. The van der Waals surface area contributed by atoms with Crippen LogP contribution in [0, 0.1) is 24.2 Å². The number of para-hydroxylation sites is 1. The fraction of sp³-hybridized carbons (Fsp3) is 0.560. The number of hydrogen-bond acceptors (Lipinski definition) is 4. The lowest BCUT2D eigenvalue weighted by atomic mass is 9.73. The second-order valence-corrected chi connectivity index (χ2v) is 9.97. The van der Waals surface area contributed by atoms with Gasteiger partial charge in [-0.3, -0.25) is 9.59 Å². The molecule has 1 saturated heterocycles. The second kappa shape index (κ2) is 8.48. The topological polar surface area (TPSA) is 82.5 Å². The summed E-state index contributed by atoms with van der Waals surface area (Å²) in [6.45, 7) is 7.93. The van der Waals surface area contributed by atoms with E-state index in [0.717, 1.165) is 49.1 Å². The number of aliphatic carboxylic acids is 1. The van der Waals surface area contributed by atoms with Gasteiger partial charge in [0, 0.05) is 30.4 Å². The first-order valence-corrected chi connectivity index (χ1v) is 11.4. The highest BCUT2D eigenvalue weighted by atomic mass is 16.4. The van der Waals surface area contributed by atoms with Gasteiger partial charge in [0.25, 0.3) is 0 Å². The number of anilines is 1. The molecule has 6 nitrogen and oxygen atoms in total. The van der Waals surface area contributed by atoms with E-state index in [1.54, 1.807) is 0 Å². The minimum absolute atomic E-state index is 0.0266. The van der Waals surface area contributed by atoms with E-state index in [9.17, 15) is 14.7 Å². The normalized spacial score (nSPS) is 25.9. The van der Waals surface area contributed by atoms with Crippen LogP contribution in [-0.2, 0) is 9.59 Å². The summed E-state index contributed by atoms with van der Waals surface area (Å²) in [6.07, 6.45) is 3.75. The van der Waals surface area contributed by atoms with Crippen molar-refractivity contribution in [2.75, 3.05) is 18.0 Å². The minimum atomic E-state index is -0.745. The van der Waals surface area contributed by atoms with Crippen molar-refractivity contribution in [2.45, 2.75) is 58.9 Å². The highest BCUT2D eigenvalue weighted by molar-refractivity contribution is 5.83. The molecular formula is C25H33N3O3. The summed E-state index contributed by atoms with van der Waals surface area (Å²) in [6, 6.07) is 10.4. The van der Waals surface area contributed by atoms with Gasteiger partial charge in [-0.05, 0) is 55.7 Å². The Balaban J connectivity index is 1.44. The number of aromatic nitrogens is 1. The van der Waals surface area contributed by atoms with E-state index in [0.29, 0.717) is 12.8 Å². The van der Waals surface area contributed by atoms with Crippen molar-refractivity contribution in [3.63, 3.8) is 0 Å². The Kier molecular flexibility index (Phi) is 5.91. The number of aryl methyl sites for hydroxylation is 1. The highest BCUT2D eigenvalue weighted by Crippen LogP contribution is 2.37. The third-order valence-corrected chi connectivity index (χ3v) is 7.15. The van der Waals surface area contributed by atoms with Gasteiger partial charge in [0.1, 0.15) is 5.82 Å². The Labute approximate surface area is 184 Å². The zero-order valence-electron chi connectivity index (χ0n) is 18.7. The van der Waals surface area contributed by atoms with Gasteiger partial charge in [-0.15, -0.1) is 0 Å². The van der Waals surface area contributed by atoms with Crippen molar-refractivity contribution in [1.82, 2.24) is 10.3 Å². The molecule has 0 radical (unpaired) electrons. The van der Waals surface area contributed by atoms with Crippen LogP contribution in [0.15, 0.2) is 30.3 Å². The Hall–Kier alpha value is -2.63. The molecule has 0 unspecified atom stereocenters. The molecule has 1 saturated carbocycles. The molecule has 3 atom stereocenters. The van der Waals surface area contributed by atoms with Crippen molar-refractivity contribution < 1.29 is 14.7 Å². The molecule has 1 aliphatic heterocycles. The predicted octanol–water partition coefficient (Wildman–Crippen LogP) is 4.16. The van der Waals surface area contributed by atoms with Crippen molar-refractivity contribution in [2.24, 2.45) is 17.3 Å². The molecule has 2 heterocycles. The van der Waals surface area contributed by atoms with E-state index in [4.69, 9.17) is 4.98 Å². The zero-order valence-corrected chi connectivity index (χ0v) is 18.7. The lowest BCUT2D eigenvalue weighted by Gasteiger charge is -2.44. The van der Waals surface area contributed by atoms with Gasteiger partial charge in [-0.1, -0.05) is 38.5 Å². The van der Waals surface area contributed by atoms with E-state index in [1.165, 1.54) is 5.56 Å². The smallest absolute Gasteiger partial charge is 0.306 e. The number of rotatable bonds is 4. The molecule has 4 rings (SSSR count). The van der Waals surface area contributed by atoms with Crippen molar-refractivity contribution in [3.05, 3.63) is 35.9 Å². The maximum Gasteiger partial charge on any atom is 0.306 e. The van der Waals surface area contributed by atoms with Gasteiger partial charge in [0.15, 0.2) is 0 Å². The summed E-state index contributed by atoms with van der Waals surface area (Å²) >= 11 is 0. The number of benzene rings is 1. The molecule has 2 aromatic rings. The number of pyridine rings is 1. The summed E-state index contributed by atoms with van der Waals surface area (Å²) in [4.78, 5) is 31.7. The van der Waals surface area contributed by atoms with Crippen LogP contribution in [0.25, 0.3) is 10.9 Å². The molecule has 1 amide bonds.